The topological polar surface area (TPSA) is 123 Å². The Balaban J connectivity index is 1.71. The number of hydrogen-bond acceptors (Lipinski definition) is 7. The Labute approximate surface area is 165 Å². The Kier molecular flexibility index (Phi) is 4.30. The number of nitrogens with one attached hydrogen (secondary N) is 5. The van der Waals surface area contributed by atoms with Crippen LogP contribution in [0.25, 0.3) is 10.8 Å². The molecule has 5 rings (SSSR count). The van der Waals surface area contributed by atoms with E-state index in [-0.39, 0.29) is 17.5 Å². The first-order valence-electron chi connectivity index (χ1n) is 9.38. The maximum absolute atomic E-state index is 12.4. The van der Waals surface area contributed by atoms with Crippen molar-refractivity contribution in [1.82, 2.24) is 36.1 Å². The molecule has 2 aromatic heterocycles. The van der Waals surface area contributed by atoms with Gasteiger partial charge in [0.05, 0.1) is 28.7 Å². The van der Waals surface area contributed by atoms with Crippen LogP contribution in [0.15, 0.2) is 53.6 Å². The summed E-state index contributed by atoms with van der Waals surface area (Å²) in [5.74, 6) is 0.379. The van der Waals surface area contributed by atoms with Gasteiger partial charge in [-0.1, -0.05) is 30.3 Å². The van der Waals surface area contributed by atoms with Gasteiger partial charge in [-0.2, -0.15) is 10.2 Å². The maximum Gasteiger partial charge on any atom is 0.272 e. The van der Waals surface area contributed by atoms with Crippen molar-refractivity contribution in [2.24, 2.45) is 0 Å². The fourth-order valence-corrected chi connectivity index (χ4v) is 3.95. The lowest BCUT2D eigenvalue weighted by Gasteiger charge is -2.25. The molecule has 0 aliphatic carbocycles. The van der Waals surface area contributed by atoms with Gasteiger partial charge in [-0.3, -0.25) is 9.89 Å². The van der Waals surface area contributed by atoms with Crippen LogP contribution in [0.5, 0.6) is 0 Å². The van der Waals surface area contributed by atoms with E-state index in [4.69, 9.17) is 0 Å². The Morgan fingerprint density at radius 2 is 1.97 bits per heavy atom. The van der Waals surface area contributed by atoms with Crippen molar-refractivity contribution in [2.75, 3.05) is 12.5 Å². The van der Waals surface area contributed by atoms with Crippen LogP contribution in [0, 0.1) is 0 Å². The average Bonchev–Trinajstić information content (AvgIpc) is 3.22. The normalized spacial score (nSPS) is 18.4. The summed E-state index contributed by atoms with van der Waals surface area (Å²) < 4.78 is 0. The second kappa shape index (κ2) is 7.12. The molecule has 5 N–H and O–H groups in total. The average molecular weight is 388 g/mol. The van der Waals surface area contributed by atoms with E-state index in [1.54, 1.807) is 6.07 Å². The molecule has 0 bridgehead atoms. The van der Waals surface area contributed by atoms with Crippen LogP contribution in [-0.4, -0.2) is 32.4 Å². The third-order valence-electron chi connectivity index (χ3n) is 5.28. The zero-order valence-corrected chi connectivity index (χ0v) is 15.7. The Bertz CT molecular complexity index is 1200. The smallest absolute Gasteiger partial charge is 0.272 e. The molecule has 0 amide bonds. The van der Waals surface area contributed by atoms with Crippen molar-refractivity contribution >= 4 is 16.5 Å². The van der Waals surface area contributed by atoms with Gasteiger partial charge in [-0.25, -0.2) is 15.5 Å². The first-order valence-corrected chi connectivity index (χ1v) is 9.38. The summed E-state index contributed by atoms with van der Waals surface area (Å²) in [7, 11) is 1.93. The Morgan fingerprint density at radius 1 is 1.10 bits per heavy atom. The summed E-state index contributed by atoms with van der Waals surface area (Å²) in [4.78, 5) is 16.8. The molecule has 0 spiro atoms. The number of aromatic amines is 2. The lowest BCUT2D eigenvalue weighted by molar-refractivity contribution is 0.505. The van der Waals surface area contributed by atoms with E-state index in [2.05, 4.69) is 65.8 Å². The number of hydrogen-bond donors (Lipinski definition) is 5. The number of rotatable bonds is 4. The zero-order valence-electron chi connectivity index (χ0n) is 15.7. The molecule has 3 heterocycles. The number of anilines is 1. The van der Waals surface area contributed by atoms with Crippen molar-refractivity contribution in [3.8, 4) is 0 Å². The molecule has 9 nitrogen and oxygen atoms in total. The second-order valence-electron chi connectivity index (χ2n) is 7.03. The van der Waals surface area contributed by atoms with Crippen molar-refractivity contribution in [1.29, 1.82) is 0 Å². The van der Waals surface area contributed by atoms with E-state index in [0.29, 0.717) is 11.2 Å². The Morgan fingerprint density at radius 3 is 2.72 bits per heavy atom. The van der Waals surface area contributed by atoms with Crippen LogP contribution in [0.4, 0.5) is 5.69 Å². The highest BCUT2D eigenvalue weighted by Crippen LogP contribution is 2.40. The molecule has 0 saturated carbocycles. The first-order chi connectivity index (χ1) is 14.3. The second-order valence-corrected chi connectivity index (χ2v) is 7.03. The van der Waals surface area contributed by atoms with Crippen LogP contribution in [0.3, 0.4) is 0 Å². The lowest BCUT2D eigenvalue weighted by atomic mass is 9.87. The molecule has 2 atom stereocenters. The summed E-state index contributed by atoms with van der Waals surface area (Å²) in [5.41, 5.74) is 10.3. The fourth-order valence-electron chi connectivity index (χ4n) is 3.95. The van der Waals surface area contributed by atoms with Crippen LogP contribution < -0.4 is 21.7 Å². The summed E-state index contributed by atoms with van der Waals surface area (Å²) >= 11 is 0. The van der Waals surface area contributed by atoms with E-state index in [9.17, 15) is 4.79 Å². The van der Waals surface area contributed by atoms with E-state index in [0.717, 1.165) is 28.9 Å². The van der Waals surface area contributed by atoms with E-state index < -0.39 is 0 Å². The zero-order chi connectivity index (χ0) is 19.8. The molecule has 9 heteroatoms. The number of benzene rings is 2. The van der Waals surface area contributed by atoms with Gasteiger partial charge in [0.25, 0.3) is 5.56 Å². The van der Waals surface area contributed by atoms with Gasteiger partial charge in [0.15, 0.2) is 0 Å². The van der Waals surface area contributed by atoms with E-state index in [1.807, 2.05) is 19.2 Å². The van der Waals surface area contributed by atoms with Crippen molar-refractivity contribution in [3.05, 3.63) is 81.8 Å². The van der Waals surface area contributed by atoms with Crippen molar-refractivity contribution < 1.29 is 0 Å². The molecule has 4 aromatic rings. The number of H-pyrrole nitrogens is 2. The Hall–Kier alpha value is -3.56. The van der Waals surface area contributed by atoms with Crippen LogP contribution in [0.1, 0.15) is 34.6 Å². The quantitative estimate of drug-likeness (QED) is 0.359. The van der Waals surface area contributed by atoms with E-state index in [1.165, 1.54) is 11.9 Å². The fraction of sp³-hybridized carbons (Fsp3) is 0.200. The molecule has 146 valence electrons. The molecular formula is C20H20N8O. The minimum Gasteiger partial charge on any atom is -0.320 e. The van der Waals surface area contributed by atoms with Gasteiger partial charge in [0, 0.05) is 11.9 Å². The third kappa shape index (κ3) is 2.96. The van der Waals surface area contributed by atoms with Gasteiger partial charge in [-0.15, -0.1) is 0 Å². The molecule has 1 aliphatic heterocycles. The molecule has 2 aromatic carbocycles. The van der Waals surface area contributed by atoms with Gasteiger partial charge in [-0.05, 0) is 30.3 Å². The van der Waals surface area contributed by atoms with Crippen LogP contribution >= 0.6 is 0 Å². The van der Waals surface area contributed by atoms with Gasteiger partial charge in [0.1, 0.15) is 12.2 Å². The minimum atomic E-state index is -0.289. The van der Waals surface area contributed by atoms with Gasteiger partial charge in [0.2, 0.25) is 0 Å². The van der Waals surface area contributed by atoms with Crippen LogP contribution in [0.2, 0.25) is 0 Å². The monoisotopic (exact) mass is 388 g/mol. The minimum absolute atomic E-state index is 0.194. The van der Waals surface area contributed by atoms with Gasteiger partial charge >= 0.3 is 0 Å². The third-order valence-corrected chi connectivity index (χ3v) is 5.28. The number of nitrogens with zero attached hydrogens (tertiary/aromatic N) is 3. The van der Waals surface area contributed by atoms with Crippen molar-refractivity contribution in [3.63, 3.8) is 0 Å². The van der Waals surface area contributed by atoms with Gasteiger partial charge < -0.3 is 10.7 Å². The summed E-state index contributed by atoms with van der Waals surface area (Å²) in [6.07, 6.45) is 1.48. The summed E-state index contributed by atoms with van der Waals surface area (Å²) in [6.45, 7) is 0.801. The standard InChI is InChI=1S/C20H20N8O/c1-21-9-11-5-7-12(8-6-11)17-16(19-22-10-23-27-19)18-15-13(20(29)28-26-18)3-2-4-14(15)24-25-17/h2-8,10,16-17,21,24-25H,9H2,1H3,(H,28,29)(H,22,23,27). The van der Waals surface area contributed by atoms with Crippen LogP contribution in [-0.2, 0) is 6.54 Å². The molecule has 0 radical (unpaired) electrons. The maximum atomic E-state index is 12.4. The highest BCUT2D eigenvalue weighted by molar-refractivity contribution is 5.95. The largest absolute Gasteiger partial charge is 0.320 e. The molecular weight excluding hydrogens is 368 g/mol. The first kappa shape index (κ1) is 17.5. The number of hydrazine groups is 1. The van der Waals surface area contributed by atoms with E-state index >= 15 is 0 Å². The molecule has 29 heavy (non-hydrogen) atoms. The molecule has 2 unspecified atom stereocenters. The molecule has 1 aliphatic rings. The highest BCUT2D eigenvalue weighted by atomic mass is 16.1. The van der Waals surface area contributed by atoms with Crippen molar-refractivity contribution in [2.45, 2.75) is 18.5 Å². The molecule has 0 saturated heterocycles. The predicted octanol–water partition coefficient (Wildman–Crippen LogP) is 1.56. The predicted molar refractivity (Wildman–Crippen MR) is 109 cm³/mol. The summed E-state index contributed by atoms with van der Waals surface area (Å²) in [5, 5.41) is 18.6. The molecule has 0 fully saturated rings. The SMILES string of the molecule is CNCc1ccc(C2NNc3cccc4c(=O)[nH]nc(c34)C2c2ncn[nH]2)cc1. The summed E-state index contributed by atoms with van der Waals surface area (Å²) in [6, 6.07) is 13.8. The highest BCUT2D eigenvalue weighted by Gasteiger charge is 2.34. The number of aromatic nitrogens is 5. The lowest BCUT2D eigenvalue weighted by Crippen LogP contribution is -2.31.